The molecule has 0 heterocycles. The molecule has 0 fully saturated rings. The summed E-state index contributed by atoms with van der Waals surface area (Å²) in [5.41, 5.74) is 1.27. The zero-order valence-electron chi connectivity index (χ0n) is 22.0. The Hall–Kier alpha value is -0.980. The molecule has 0 spiro atoms. The van der Waals surface area contributed by atoms with Crippen molar-refractivity contribution < 1.29 is 0 Å². The minimum atomic E-state index is 0.956. The molecular weight excluding hydrogens is 386 g/mol. The van der Waals surface area contributed by atoms with Gasteiger partial charge in [-0.1, -0.05) is 154 Å². The number of anilines is 1. The molecule has 186 valence electrons. The zero-order valence-corrected chi connectivity index (χ0v) is 22.0. The van der Waals surface area contributed by atoms with Crippen molar-refractivity contribution in [3.63, 3.8) is 0 Å². The Morgan fingerprint density at radius 2 is 0.906 bits per heavy atom. The van der Waals surface area contributed by atoms with Gasteiger partial charge in [0.2, 0.25) is 0 Å². The van der Waals surface area contributed by atoms with Crippen molar-refractivity contribution in [3.05, 3.63) is 30.3 Å². The Morgan fingerprint density at radius 3 is 1.41 bits per heavy atom. The third-order valence-electron chi connectivity index (χ3n) is 7.07. The highest BCUT2D eigenvalue weighted by molar-refractivity contribution is 5.42. The fraction of sp³-hybridized carbons (Fsp3) is 0.806. The summed E-state index contributed by atoms with van der Waals surface area (Å²) in [5, 5.41) is 3.59. The lowest BCUT2D eigenvalue weighted by atomic mass is 9.90. The van der Waals surface area contributed by atoms with Crippen molar-refractivity contribution in [2.45, 2.75) is 149 Å². The highest BCUT2D eigenvalue weighted by Crippen LogP contribution is 2.23. The largest absolute Gasteiger partial charge is 0.385 e. The van der Waals surface area contributed by atoms with Crippen LogP contribution in [0.2, 0.25) is 0 Å². The molecule has 1 aromatic carbocycles. The molecule has 0 bridgehead atoms. The third-order valence-corrected chi connectivity index (χ3v) is 7.07. The molecule has 1 unspecified atom stereocenters. The average molecular weight is 444 g/mol. The Bertz CT molecular complexity index is 469. The first-order valence-electron chi connectivity index (χ1n) is 14.7. The van der Waals surface area contributed by atoms with Gasteiger partial charge in [0, 0.05) is 12.2 Å². The number of hydrogen-bond acceptors (Lipinski definition) is 1. The Kier molecular flexibility index (Phi) is 21.1. The number of para-hydroxylation sites is 1. The molecule has 1 aromatic rings. The van der Waals surface area contributed by atoms with Gasteiger partial charge >= 0.3 is 0 Å². The normalized spacial score (nSPS) is 12.2. The number of hydrogen-bond donors (Lipinski definition) is 1. The smallest absolute Gasteiger partial charge is 0.0340 e. The van der Waals surface area contributed by atoms with Crippen LogP contribution >= 0.6 is 0 Å². The Morgan fingerprint density at radius 1 is 0.500 bits per heavy atom. The van der Waals surface area contributed by atoms with Gasteiger partial charge in [0.15, 0.2) is 0 Å². The van der Waals surface area contributed by atoms with Crippen LogP contribution in [-0.2, 0) is 0 Å². The summed E-state index contributed by atoms with van der Waals surface area (Å²) in [5.74, 6) is 0.956. The quantitative estimate of drug-likeness (QED) is 0.157. The van der Waals surface area contributed by atoms with Gasteiger partial charge in [0.1, 0.15) is 0 Å². The first kappa shape index (κ1) is 29.1. The second-order valence-electron chi connectivity index (χ2n) is 10.2. The van der Waals surface area contributed by atoms with E-state index < -0.39 is 0 Å². The Balaban J connectivity index is 2.03. The van der Waals surface area contributed by atoms with E-state index >= 15 is 0 Å². The van der Waals surface area contributed by atoms with Crippen molar-refractivity contribution >= 4 is 5.69 Å². The standard InChI is InChI=1S/C31H57N/c1-3-5-7-9-10-11-12-13-14-15-16-17-20-25-30(24-19-8-6-4-2)26-23-29-32-31-27-21-18-22-28-31/h18,21-22,27-28,30,32H,3-17,19-20,23-26,29H2,1-2H3. The molecule has 1 atom stereocenters. The van der Waals surface area contributed by atoms with Crippen LogP contribution in [0.15, 0.2) is 30.3 Å². The highest BCUT2D eigenvalue weighted by Gasteiger charge is 2.08. The zero-order chi connectivity index (χ0) is 23.0. The first-order chi connectivity index (χ1) is 15.9. The molecule has 0 aliphatic heterocycles. The molecule has 0 aliphatic carbocycles. The summed E-state index contributed by atoms with van der Waals surface area (Å²) in [7, 11) is 0. The monoisotopic (exact) mass is 443 g/mol. The average Bonchev–Trinajstić information content (AvgIpc) is 2.82. The van der Waals surface area contributed by atoms with E-state index in [-0.39, 0.29) is 0 Å². The molecule has 1 heteroatoms. The van der Waals surface area contributed by atoms with E-state index in [2.05, 4.69) is 49.5 Å². The van der Waals surface area contributed by atoms with Crippen LogP contribution in [-0.4, -0.2) is 6.54 Å². The predicted molar refractivity (Wildman–Crippen MR) is 147 cm³/mol. The molecule has 0 aliphatic rings. The van der Waals surface area contributed by atoms with E-state index in [4.69, 9.17) is 0 Å². The third kappa shape index (κ3) is 18.6. The first-order valence-corrected chi connectivity index (χ1v) is 14.7. The van der Waals surface area contributed by atoms with Crippen molar-refractivity contribution in [2.75, 3.05) is 11.9 Å². The molecule has 32 heavy (non-hydrogen) atoms. The summed E-state index contributed by atoms with van der Waals surface area (Å²) in [6, 6.07) is 10.7. The fourth-order valence-corrected chi connectivity index (χ4v) is 4.92. The lowest BCUT2D eigenvalue weighted by Crippen LogP contribution is -2.07. The summed E-state index contributed by atoms with van der Waals surface area (Å²) >= 11 is 0. The summed E-state index contributed by atoms with van der Waals surface area (Å²) < 4.78 is 0. The molecular formula is C31H57N. The van der Waals surface area contributed by atoms with Gasteiger partial charge < -0.3 is 5.32 Å². The predicted octanol–water partition coefficient (Wildman–Crippen LogP) is 10.9. The minimum Gasteiger partial charge on any atom is -0.385 e. The van der Waals surface area contributed by atoms with Crippen LogP contribution in [0.5, 0.6) is 0 Å². The van der Waals surface area contributed by atoms with Crippen LogP contribution in [0, 0.1) is 5.92 Å². The van der Waals surface area contributed by atoms with E-state index in [0.717, 1.165) is 12.5 Å². The molecule has 1 rings (SSSR count). The van der Waals surface area contributed by atoms with Gasteiger partial charge in [-0.25, -0.2) is 0 Å². The lowest BCUT2D eigenvalue weighted by molar-refractivity contribution is 0.376. The summed E-state index contributed by atoms with van der Waals surface area (Å²) in [6.45, 7) is 5.74. The molecule has 0 aromatic heterocycles. The van der Waals surface area contributed by atoms with E-state index in [9.17, 15) is 0 Å². The van der Waals surface area contributed by atoms with Crippen LogP contribution in [0.4, 0.5) is 5.69 Å². The maximum absolute atomic E-state index is 3.59. The molecule has 1 N–H and O–H groups in total. The van der Waals surface area contributed by atoms with Crippen molar-refractivity contribution in [1.82, 2.24) is 0 Å². The van der Waals surface area contributed by atoms with Gasteiger partial charge in [-0.05, 0) is 30.9 Å². The molecule has 0 amide bonds. The van der Waals surface area contributed by atoms with Gasteiger partial charge in [0.05, 0.1) is 0 Å². The second-order valence-corrected chi connectivity index (χ2v) is 10.2. The molecule has 0 saturated heterocycles. The SMILES string of the molecule is CCCCCCCCCCCCCCCC(CCCCCC)CCCNc1ccccc1. The maximum Gasteiger partial charge on any atom is 0.0340 e. The van der Waals surface area contributed by atoms with Crippen molar-refractivity contribution in [3.8, 4) is 0 Å². The summed E-state index contributed by atoms with van der Waals surface area (Å²) in [4.78, 5) is 0. The van der Waals surface area contributed by atoms with Crippen LogP contribution in [0.25, 0.3) is 0 Å². The van der Waals surface area contributed by atoms with Crippen LogP contribution < -0.4 is 5.32 Å². The van der Waals surface area contributed by atoms with E-state index in [1.807, 2.05) is 0 Å². The van der Waals surface area contributed by atoms with Gasteiger partial charge in [0.25, 0.3) is 0 Å². The van der Waals surface area contributed by atoms with Gasteiger partial charge in [-0.15, -0.1) is 0 Å². The topological polar surface area (TPSA) is 12.0 Å². The number of nitrogens with one attached hydrogen (secondary N) is 1. The number of rotatable bonds is 24. The number of benzene rings is 1. The number of unbranched alkanes of at least 4 members (excludes halogenated alkanes) is 15. The second kappa shape index (κ2) is 23.2. The molecule has 0 saturated carbocycles. The van der Waals surface area contributed by atoms with E-state index in [1.54, 1.807) is 0 Å². The molecule has 1 nitrogen and oxygen atoms in total. The lowest BCUT2D eigenvalue weighted by Gasteiger charge is -2.17. The van der Waals surface area contributed by atoms with Gasteiger partial charge in [-0.2, -0.15) is 0 Å². The molecule has 0 radical (unpaired) electrons. The van der Waals surface area contributed by atoms with Crippen LogP contribution in [0.3, 0.4) is 0 Å². The van der Waals surface area contributed by atoms with Crippen molar-refractivity contribution in [1.29, 1.82) is 0 Å². The fourth-order valence-electron chi connectivity index (χ4n) is 4.92. The van der Waals surface area contributed by atoms with Crippen molar-refractivity contribution in [2.24, 2.45) is 5.92 Å². The van der Waals surface area contributed by atoms with Crippen LogP contribution in [0.1, 0.15) is 149 Å². The van der Waals surface area contributed by atoms with Gasteiger partial charge in [-0.3, -0.25) is 0 Å². The highest BCUT2D eigenvalue weighted by atomic mass is 14.9. The minimum absolute atomic E-state index is 0.956. The maximum atomic E-state index is 3.59. The van der Waals surface area contributed by atoms with E-state index in [0.29, 0.717) is 0 Å². The Labute approximate surface area is 202 Å². The summed E-state index contributed by atoms with van der Waals surface area (Å²) in [6.07, 6.45) is 30.3. The van der Waals surface area contributed by atoms with E-state index in [1.165, 1.54) is 141 Å².